The van der Waals surface area contributed by atoms with Gasteiger partial charge in [0.2, 0.25) is 0 Å². The van der Waals surface area contributed by atoms with Crippen LogP contribution in [0.2, 0.25) is 0 Å². The summed E-state index contributed by atoms with van der Waals surface area (Å²) >= 11 is 0. The van der Waals surface area contributed by atoms with Crippen molar-refractivity contribution in [3.05, 3.63) is 29.6 Å². The van der Waals surface area contributed by atoms with E-state index in [1.807, 2.05) is 18.0 Å². The lowest BCUT2D eigenvalue weighted by Crippen LogP contribution is -2.49. The smallest absolute Gasteiger partial charge is 0.409 e. The zero-order valence-corrected chi connectivity index (χ0v) is 12.6. The van der Waals surface area contributed by atoms with Gasteiger partial charge in [-0.2, -0.15) is 0 Å². The Balaban J connectivity index is 2.01. The van der Waals surface area contributed by atoms with Crippen LogP contribution < -0.4 is 10.2 Å². The molecular weight excluding hydrogens is 273 g/mol. The molecule has 0 spiro atoms. The van der Waals surface area contributed by atoms with E-state index in [4.69, 9.17) is 4.74 Å². The summed E-state index contributed by atoms with van der Waals surface area (Å²) in [6.45, 7) is 5.19. The summed E-state index contributed by atoms with van der Waals surface area (Å²) in [7, 11) is 1.86. The Bertz CT molecular complexity index is 488. The molecule has 5 nitrogen and oxygen atoms in total. The van der Waals surface area contributed by atoms with Crippen molar-refractivity contribution < 1.29 is 13.9 Å². The van der Waals surface area contributed by atoms with Crippen molar-refractivity contribution >= 4 is 11.8 Å². The van der Waals surface area contributed by atoms with E-state index in [2.05, 4.69) is 5.32 Å². The molecular formula is C15H22FN3O2. The number of halogens is 1. The highest BCUT2D eigenvalue weighted by Gasteiger charge is 2.23. The lowest BCUT2D eigenvalue weighted by Gasteiger charge is -2.35. The molecule has 1 aliphatic heterocycles. The number of benzene rings is 1. The van der Waals surface area contributed by atoms with Gasteiger partial charge in [0.15, 0.2) is 0 Å². The molecule has 0 aliphatic carbocycles. The molecule has 1 saturated heterocycles. The van der Waals surface area contributed by atoms with E-state index >= 15 is 0 Å². The molecule has 1 fully saturated rings. The number of ether oxygens (including phenoxy) is 1. The van der Waals surface area contributed by atoms with Crippen molar-refractivity contribution in [2.75, 3.05) is 44.7 Å². The number of hydrogen-bond donors (Lipinski definition) is 1. The first-order valence-corrected chi connectivity index (χ1v) is 7.25. The molecule has 6 heteroatoms. The van der Waals surface area contributed by atoms with Crippen molar-refractivity contribution in [1.29, 1.82) is 0 Å². The normalized spacial score (nSPS) is 15.2. The highest BCUT2D eigenvalue weighted by molar-refractivity contribution is 5.68. The van der Waals surface area contributed by atoms with E-state index < -0.39 is 0 Å². The van der Waals surface area contributed by atoms with Crippen LogP contribution in [-0.4, -0.2) is 50.8 Å². The Morgan fingerprint density at radius 3 is 2.67 bits per heavy atom. The van der Waals surface area contributed by atoms with Gasteiger partial charge < -0.3 is 19.9 Å². The Morgan fingerprint density at radius 2 is 2.05 bits per heavy atom. The third-order valence-electron chi connectivity index (χ3n) is 3.54. The first kappa shape index (κ1) is 15.6. The molecule has 1 amide bonds. The molecule has 116 valence electrons. The molecule has 1 aromatic rings. The Morgan fingerprint density at radius 1 is 1.33 bits per heavy atom. The molecule has 0 unspecified atom stereocenters. The fourth-order valence-corrected chi connectivity index (χ4v) is 2.46. The van der Waals surface area contributed by atoms with E-state index in [0.717, 1.165) is 5.56 Å². The van der Waals surface area contributed by atoms with Crippen molar-refractivity contribution in [3.8, 4) is 0 Å². The number of nitrogens with one attached hydrogen (secondary N) is 1. The topological polar surface area (TPSA) is 44.8 Å². The van der Waals surface area contributed by atoms with Crippen molar-refractivity contribution in [1.82, 2.24) is 10.2 Å². The predicted octanol–water partition coefficient (Wildman–Crippen LogP) is 1.82. The van der Waals surface area contributed by atoms with Gasteiger partial charge in [0, 0.05) is 32.7 Å². The third-order valence-corrected chi connectivity index (χ3v) is 3.54. The van der Waals surface area contributed by atoms with E-state index in [-0.39, 0.29) is 11.9 Å². The van der Waals surface area contributed by atoms with Crippen LogP contribution in [0.4, 0.5) is 14.9 Å². The highest BCUT2D eigenvalue weighted by Crippen LogP contribution is 2.22. The minimum Gasteiger partial charge on any atom is -0.450 e. The second-order valence-electron chi connectivity index (χ2n) is 4.99. The van der Waals surface area contributed by atoms with E-state index in [1.54, 1.807) is 17.9 Å². The van der Waals surface area contributed by atoms with E-state index in [9.17, 15) is 9.18 Å². The number of hydrogen-bond acceptors (Lipinski definition) is 4. The molecule has 1 heterocycles. The maximum atomic E-state index is 14.0. The van der Waals surface area contributed by atoms with Crippen molar-refractivity contribution in [3.63, 3.8) is 0 Å². The monoisotopic (exact) mass is 295 g/mol. The number of amides is 1. The van der Waals surface area contributed by atoms with Crippen LogP contribution in [0.3, 0.4) is 0 Å². The van der Waals surface area contributed by atoms with Gasteiger partial charge in [-0.15, -0.1) is 0 Å². The maximum Gasteiger partial charge on any atom is 0.409 e. The first-order valence-electron chi connectivity index (χ1n) is 7.25. The van der Waals surface area contributed by atoms with Gasteiger partial charge in [-0.3, -0.25) is 0 Å². The lowest BCUT2D eigenvalue weighted by atomic mass is 10.1. The van der Waals surface area contributed by atoms with Crippen LogP contribution in [0.5, 0.6) is 0 Å². The number of rotatable bonds is 4. The Hall–Kier alpha value is -1.82. The number of nitrogens with zero attached hydrogens (tertiary/aromatic N) is 2. The predicted molar refractivity (Wildman–Crippen MR) is 80.0 cm³/mol. The average Bonchev–Trinajstić information content (AvgIpc) is 2.50. The van der Waals surface area contributed by atoms with Crippen LogP contribution >= 0.6 is 0 Å². The molecule has 0 bridgehead atoms. The molecule has 0 radical (unpaired) electrons. The minimum atomic E-state index is -0.290. The zero-order chi connectivity index (χ0) is 15.2. The average molecular weight is 295 g/mol. The zero-order valence-electron chi connectivity index (χ0n) is 12.6. The summed E-state index contributed by atoms with van der Waals surface area (Å²) in [6.07, 6.45) is -0.290. The highest BCUT2D eigenvalue weighted by atomic mass is 19.1. The third kappa shape index (κ3) is 3.85. The van der Waals surface area contributed by atoms with Gasteiger partial charge in [-0.1, -0.05) is 6.07 Å². The second kappa shape index (κ2) is 7.26. The number of piperazine rings is 1. The fraction of sp³-hybridized carbons (Fsp3) is 0.533. The maximum absolute atomic E-state index is 14.0. The summed E-state index contributed by atoms with van der Waals surface area (Å²) in [5, 5.41) is 3.06. The molecule has 0 aromatic heterocycles. The van der Waals surface area contributed by atoms with Crippen molar-refractivity contribution in [2.45, 2.75) is 13.5 Å². The van der Waals surface area contributed by atoms with E-state index in [1.165, 1.54) is 6.07 Å². The molecule has 0 saturated carbocycles. The van der Waals surface area contributed by atoms with Crippen molar-refractivity contribution in [2.24, 2.45) is 0 Å². The molecule has 0 atom stereocenters. The molecule has 21 heavy (non-hydrogen) atoms. The molecule has 1 aromatic carbocycles. The summed E-state index contributed by atoms with van der Waals surface area (Å²) in [5.74, 6) is -0.223. The summed E-state index contributed by atoms with van der Waals surface area (Å²) in [6, 6.07) is 5.15. The lowest BCUT2D eigenvalue weighted by molar-refractivity contribution is 0.105. The SMILES string of the molecule is CCOC(=O)N1CCN(c2cc(CNC)ccc2F)CC1. The van der Waals surface area contributed by atoms with Crippen LogP contribution in [0.25, 0.3) is 0 Å². The Kier molecular flexibility index (Phi) is 5.38. The standard InChI is InChI=1S/C15H22FN3O2/c1-3-21-15(20)19-8-6-18(7-9-19)14-10-12(11-17-2)4-5-13(14)16/h4-5,10,17H,3,6-9,11H2,1-2H3. The molecule has 1 aliphatic rings. The largest absolute Gasteiger partial charge is 0.450 e. The van der Waals surface area contributed by atoms with Gasteiger partial charge in [0.1, 0.15) is 5.82 Å². The second-order valence-corrected chi connectivity index (χ2v) is 4.99. The van der Waals surface area contributed by atoms with Gasteiger partial charge >= 0.3 is 6.09 Å². The van der Waals surface area contributed by atoms with Crippen LogP contribution in [-0.2, 0) is 11.3 Å². The van der Waals surface area contributed by atoms with Gasteiger partial charge in [0.25, 0.3) is 0 Å². The molecule has 1 N–H and O–H groups in total. The van der Waals surface area contributed by atoms with Gasteiger partial charge in [0.05, 0.1) is 12.3 Å². The molecule has 2 rings (SSSR count). The Labute approximate surface area is 124 Å². The summed E-state index contributed by atoms with van der Waals surface area (Å²) in [4.78, 5) is 15.3. The van der Waals surface area contributed by atoms with E-state index in [0.29, 0.717) is 45.0 Å². The summed E-state index contributed by atoms with van der Waals surface area (Å²) < 4.78 is 19.0. The quantitative estimate of drug-likeness (QED) is 0.920. The van der Waals surface area contributed by atoms with Crippen LogP contribution in [0.1, 0.15) is 12.5 Å². The van der Waals surface area contributed by atoms with Gasteiger partial charge in [-0.25, -0.2) is 9.18 Å². The fourth-order valence-electron chi connectivity index (χ4n) is 2.46. The minimum absolute atomic E-state index is 0.223. The first-order chi connectivity index (χ1) is 10.2. The number of carbonyl (C=O) groups is 1. The van der Waals surface area contributed by atoms with Crippen LogP contribution in [0, 0.1) is 5.82 Å². The van der Waals surface area contributed by atoms with Gasteiger partial charge in [-0.05, 0) is 31.7 Å². The summed E-state index contributed by atoms with van der Waals surface area (Å²) in [5.41, 5.74) is 1.65. The number of carbonyl (C=O) groups excluding carboxylic acids is 1. The number of anilines is 1. The van der Waals surface area contributed by atoms with Crippen LogP contribution in [0.15, 0.2) is 18.2 Å².